The maximum atomic E-state index is 13.0. The Balaban J connectivity index is 2.69. The maximum absolute atomic E-state index is 13.0. The summed E-state index contributed by atoms with van der Waals surface area (Å²) < 4.78 is 13.0. The number of carboxylic acid groups (broad SMARTS) is 1. The molecule has 1 N–H and O–H groups in total. The van der Waals surface area contributed by atoms with Crippen molar-refractivity contribution in [2.75, 3.05) is 0 Å². The average Bonchev–Trinajstić information content (AvgIpc) is 2.15. The van der Waals surface area contributed by atoms with Gasteiger partial charge < -0.3 is 5.11 Å². The van der Waals surface area contributed by atoms with E-state index in [1.54, 1.807) is 18.2 Å². The molecule has 0 saturated heterocycles. The van der Waals surface area contributed by atoms with Crippen LogP contribution in [-0.4, -0.2) is 11.1 Å². The number of carboxylic acids is 1. The highest BCUT2D eigenvalue weighted by Crippen LogP contribution is 2.07. The molecule has 14 heavy (non-hydrogen) atoms. The Morgan fingerprint density at radius 1 is 1.29 bits per heavy atom. The second kappa shape index (κ2) is 4.97. The summed E-state index contributed by atoms with van der Waals surface area (Å²) in [4.78, 5) is 10.1. The standard InChI is InChI=1S/C11H9FO2/c12-10-7-3-1-5-9(10)6-2-4-8-11(13)14/h1-8H,(H,13,14)/b6-2+,8-4+. The minimum atomic E-state index is -1.02. The summed E-state index contributed by atoms with van der Waals surface area (Å²) in [6.45, 7) is 0. The lowest BCUT2D eigenvalue weighted by molar-refractivity contribution is -0.131. The Kier molecular flexibility index (Phi) is 3.61. The molecule has 0 saturated carbocycles. The molecule has 72 valence electrons. The zero-order chi connectivity index (χ0) is 10.4. The van der Waals surface area contributed by atoms with E-state index in [9.17, 15) is 9.18 Å². The molecule has 0 atom stereocenters. The van der Waals surface area contributed by atoms with E-state index in [0.29, 0.717) is 5.56 Å². The van der Waals surface area contributed by atoms with Gasteiger partial charge in [-0.25, -0.2) is 9.18 Å². The van der Waals surface area contributed by atoms with Crippen LogP contribution in [0.2, 0.25) is 0 Å². The van der Waals surface area contributed by atoms with Crippen LogP contribution in [0.15, 0.2) is 42.5 Å². The molecule has 0 bridgehead atoms. The van der Waals surface area contributed by atoms with Crippen LogP contribution in [0.1, 0.15) is 5.56 Å². The van der Waals surface area contributed by atoms with Crippen LogP contribution >= 0.6 is 0 Å². The number of halogens is 1. The number of rotatable bonds is 3. The van der Waals surface area contributed by atoms with E-state index in [1.165, 1.54) is 24.3 Å². The van der Waals surface area contributed by atoms with E-state index in [0.717, 1.165) is 6.08 Å². The third-order valence-electron chi connectivity index (χ3n) is 1.53. The largest absolute Gasteiger partial charge is 0.478 e. The quantitative estimate of drug-likeness (QED) is 0.590. The molecule has 0 amide bonds. The monoisotopic (exact) mass is 192 g/mol. The van der Waals surface area contributed by atoms with Crippen molar-refractivity contribution in [1.82, 2.24) is 0 Å². The van der Waals surface area contributed by atoms with Crippen molar-refractivity contribution in [1.29, 1.82) is 0 Å². The van der Waals surface area contributed by atoms with Crippen molar-refractivity contribution in [2.24, 2.45) is 0 Å². The van der Waals surface area contributed by atoms with Crippen molar-refractivity contribution in [3.63, 3.8) is 0 Å². The van der Waals surface area contributed by atoms with Crippen LogP contribution in [0.3, 0.4) is 0 Å². The van der Waals surface area contributed by atoms with E-state index >= 15 is 0 Å². The number of aliphatic carboxylic acids is 1. The molecule has 0 fully saturated rings. The van der Waals surface area contributed by atoms with Gasteiger partial charge in [0, 0.05) is 11.6 Å². The predicted molar refractivity (Wildman–Crippen MR) is 52.2 cm³/mol. The average molecular weight is 192 g/mol. The fourth-order valence-electron chi connectivity index (χ4n) is 0.907. The third-order valence-corrected chi connectivity index (χ3v) is 1.53. The van der Waals surface area contributed by atoms with Crippen LogP contribution in [0.5, 0.6) is 0 Å². The first kappa shape index (κ1) is 10.2. The van der Waals surface area contributed by atoms with Gasteiger partial charge in [-0.05, 0) is 6.07 Å². The molecule has 0 spiro atoms. The lowest BCUT2D eigenvalue weighted by Gasteiger charge is -1.92. The van der Waals surface area contributed by atoms with E-state index in [2.05, 4.69) is 0 Å². The fourth-order valence-corrected chi connectivity index (χ4v) is 0.907. The summed E-state index contributed by atoms with van der Waals surface area (Å²) in [5.41, 5.74) is 0.433. The Labute approximate surface area is 81.0 Å². The van der Waals surface area contributed by atoms with Crippen molar-refractivity contribution in [2.45, 2.75) is 0 Å². The molecule has 0 unspecified atom stereocenters. The van der Waals surface area contributed by atoms with Crippen LogP contribution in [-0.2, 0) is 4.79 Å². The highest BCUT2D eigenvalue weighted by atomic mass is 19.1. The van der Waals surface area contributed by atoms with Gasteiger partial charge in [0.1, 0.15) is 5.82 Å². The molecule has 3 heteroatoms. The highest BCUT2D eigenvalue weighted by molar-refractivity contribution is 5.80. The summed E-state index contributed by atoms with van der Waals surface area (Å²) in [6.07, 6.45) is 5.31. The van der Waals surface area contributed by atoms with E-state index in [-0.39, 0.29) is 5.82 Å². The van der Waals surface area contributed by atoms with Gasteiger partial charge in [0.2, 0.25) is 0 Å². The van der Waals surface area contributed by atoms with Gasteiger partial charge in [-0.1, -0.05) is 36.4 Å². The normalized spacial score (nSPS) is 11.2. The van der Waals surface area contributed by atoms with E-state index in [4.69, 9.17) is 5.11 Å². The molecular weight excluding hydrogens is 183 g/mol. The topological polar surface area (TPSA) is 37.3 Å². The molecule has 0 heterocycles. The summed E-state index contributed by atoms with van der Waals surface area (Å²) in [5.74, 6) is -1.35. The Hall–Kier alpha value is -1.90. The van der Waals surface area contributed by atoms with Crippen LogP contribution in [0.4, 0.5) is 4.39 Å². The van der Waals surface area contributed by atoms with E-state index < -0.39 is 5.97 Å². The van der Waals surface area contributed by atoms with Gasteiger partial charge in [0.15, 0.2) is 0 Å². The first-order chi connectivity index (χ1) is 6.70. The molecule has 0 aliphatic heterocycles. The minimum Gasteiger partial charge on any atom is -0.478 e. The molecular formula is C11H9FO2. The Bertz CT molecular complexity index is 381. The number of hydrogen-bond acceptors (Lipinski definition) is 1. The van der Waals surface area contributed by atoms with Gasteiger partial charge in [0.05, 0.1) is 0 Å². The fraction of sp³-hybridized carbons (Fsp3) is 0. The summed E-state index contributed by atoms with van der Waals surface area (Å²) in [6, 6.07) is 6.27. The summed E-state index contributed by atoms with van der Waals surface area (Å²) in [7, 11) is 0. The van der Waals surface area contributed by atoms with E-state index in [1.807, 2.05) is 0 Å². The molecule has 2 nitrogen and oxygen atoms in total. The minimum absolute atomic E-state index is 0.326. The van der Waals surface area contributed by atoms with Gasteiger partial charge in [-0.15, -0.1) is 0 Å². The molecule has 1 aromatic rings. The zero-order valence-electron chi connectivity index (χ0n) is 7.35. The smallest absolute Gasteiger partial charge is 0.328 e. The highest BCUT2D eigenvalue weighted by Gasteiger charge is 1.93. The Morgan fingerprint density at radius 3 is 2.64 bits per heavy atom. The van der Waals surface area contributed by atoms with Crippen molar-refractivity contribution in [3.8, 4) is 0 Å². The lowest BCUT2D eigenvalue weighted by Crippen LogP contribution is -1.84. The molecule has 1 aromatic carbocycles. The van der Waals surface area contributed by atoms with Gasteiger partial charge in [-0.2, -0.15) is 0 Å². The summed E-state index contributed by atoms with van der Waals surface area (Å²) in [5, 5.41) is 8.27. The third kappa shape index (κ3) is 3.23. The van der Waals surface area contributed by atoms with Crippen molar-refractivity contribution in [3.05, 3.63) is 53.9 Å². The number of benzene rings is 1. The zero-order valence-corrected chi connectivity index (χ0v) is 7.35. The van der Waals surface area contributed by atoms with Gasteiger partial charge in [-0.3, -0.25) is 0 Å². The van der Waals surface area contributed by atoms with Crippen molar-refractivity contribution < 1.29 is 14.3 Å². The SMILES string of the molecule is O=C(O)/C=C/C=C/c1ccccc1F. The van der Waals surface area contributed by atoms with Gasteiger partial charge >= 0.3 is 5.97 Å². The van der Waals surface area contributed by atoms with Gasteiger partial charge in [0.25, 0.3) is 0 Å². The molecule has 0 radical (unpaired) electrons. The number of hydrogen-bond donors (Lipinski definition) is 1. The Morgan fingerprint density at radius 2 is 2.00 bits per heavy atom. The first-order valence-electron chi connectivity index (χ1n) is 4.02. The molecule has 1 rings (SSSR count). The molecule has 0 aliphatic rings. The van der Waals surface area contributed by atoms with Crippen LogP contribution < -0.4 is 0 Å². The second-order valence-corrected chi connectivity index (χ2v) is 2.58. The maximum Gasteiger partial charge on any atom is 0.328 e. The summed E-state index contributed by atoms with van der Waals surface area (Å²) >= 11 is 0. The number of allylic oxidation sites excluding steroid dienone is 2. The lowest BCUT2D eigenvalue weighted by atomic mass is 10.2. The molecule has 0 aromatic heterocycles. The van der Waals surface area contributed by atoms with Crippen LogP contribution in [0.25, 0.3) is 6.08 Å². The van der Waals surface area contributed by atoms with Crippen molar-refractivity contribution >= 4 is 12.0 Å². The predicted octanol–water partition coefficient (Wildman–Crippen LogP) is 2.48. The van der Waals surface area contributed by atoms with Crippen LogP contribution in [0, 0.1) is 5.82 Å². The number of carbonyl (C=O) groups is 1. The first-order valence-corrected chi connectivity index (χ1v) is 4.02. The second-order valence-electron chi connectivity index (χ2n) is 2.58. The molecule has 0 aliphatic carbocycles.